The van der Waals surface area contributed by atoms with Gasteiger partial charge in [-0.2, -0.15) is 0 Å². The van der Waals surface area contributed by atoms with Crippen molar-refractivity contribution in [3.8, 4) is 0 Å². The van der Waals surface area contributed by atoms with Crippen LogP contribution in [0.1, 0.15) is 12.0 Å². The molecule has 1 aliphatic heterocycles. The Labute approximate surface area is 126 Å². The van der Waals surface area contributed by atoms with Crippen molar-refractivity contribution in [2.24, 2.45) is 11.1 Å². The second-order valence-corrected chi connectivity index (χ2v) is 7.74. The number of anilines is 1. The third-order valence-electron chi connectivity index (χ3n) is 3.12. The molecular formula is C12H15IN2O3S. The van der Waals surface area contributed by atoms with E-state index in [1.807, 2.05) is 25.1 Å². The van der Waals surface area contributed by atoms with Gasteiger partial charge in [0.15, 0.2) is 0 Å². The molecule has 1 heterocycles. The topological polar surface area (TPSA) is 80.5 Å². The molecule has 0 aromatic heterocycles. The van der Waals surface area contributed by atoms with E-state index >= 15 is 0 Å². The zero-order chi connectivity index (χ0) is 14.2. The molecule has 1 saturated heterocycles. The van der Waals surface area contributed by atoms with E-state index in [9.17, 15) is 13.2 Å². The average molecular weight is 394 g/mol. The first-order chi connectivity index (χ1) is 8.76. The number of hydrogen-bond acceptors (Lipinski definition) is 3. The molecule has 1 aliphatic rings. The van der Waals surface area contributed by atoms with Crippen molar-refractivity contribution in [3.05, 3.63) is 27.3 Å². The van der Waals surface area contributed by atoms with Crippen molar-refractivity contribution in [1.82, 2.24) is 0 Å². The number of hydrogen-bond donors (Lipinski definition) is 1. The van der Waals surface area contributed by atoms with Gasteiger partial charge in [0.2, 0.25) is 15.9 Å². The second kappa shape index (κ2) is 5.37. The number of primary sulfonamides is 1. The van der Waals surface area contributed by atoms with Crippen molar-refractivity contribution in [2.45, 2.75) is 13.3 Å². The minimum Gasteiger partial charge on any atom is -0.312 e. The van der Waals surface area contributed by atoms with Gasteiger partial charge < -0.3 is 4.90 Å². The molecule has 1 fully saturated rings. The van der Waals surface area contributed by atoms with E-state index in [-0.39, 0.29) is 24.0 Å². The van der Waals surface area contributed by atoms with E-state index in [0.29, 0.717) is 6.54 Å². The molecule has 1 aromatic rings. The first-order valence-corrected chi connectivity index (χ1v) is 8.62. The molecule has 104 valence electrons. The molecule has 2 rings (SSSR count). The summed E-state index contributed by atoms with van der Waals surface area (Å²) in [6.45, 7) is 2.36. The van der Waals surface area contributed by atoms with Gasteiger partial charge in [0, 0.05) is 28.1 Å². The Morgan fingerprint density at radius 1 is 1.47 bits per heavy atom. The number of aryl methyl sites for hydroxylation is 1. The number of nitrogens with two attached hydrogens (primary N) is 1. The number of sulfonamides is 1. The Bertz CT molecular complexity index is 615. The molecule has 0 bridgehead atoms. The van der Waals surface area contributed by atoms with Crippen LogP contribution in [0.3, 0.4) is 0 Å². The fourth-order valence-electron chi connectivity index (χ4n) is 2.38. The lowest BCUT2D eigenvalue weighted by Crippen LogP contribution is -2.28. The summed E-state index contributed by atoms with van der Waals surface area (Å²) in [5.74, 6) is -0.405. The molecule has 1 aromatic carbocycles. The van der Waals surface area contributed by atoms with Crippen LogP contribution in [0.2, 0.25) is 0 Å². The van der Waals surface area contributed by atoms with Gasteiger partial charge in [-0.15, -0.1) is 0 Å². The highest BCUT2D eigenvalue weighted by Gasteiger charge is 2.33. The number of rotatable bonds is 3. The quantitative estimate of drug-likeness (QED) is 0.784. The third-order valence-corrected chi connectivity index (χ3v) is 4.73. The molecule has 19 heavy (non-hydrogen) atoms. The van der Waals surface area contributed by atoms with Crippen LogP contribution < -0.4 is 10.0 Å². The van der Waals surface area contributed by atoms with Crippen molar-refractivity contribution in [3.63, 3.8) is 0 Å². The molecule has 1 amide bonds. The summed E-state index contributed by atoms with van der Waals surface area (Å²) in [4.78, 5) is 13.7. The number of carbonyl (C=O) groups is 1. The van der Waals surface area contributed by atoms with Gasteiger partial charge in [-0.3, -0.25) is 4.79 Å². The van der Waals surface area contributed by atoms with E-state index in [4.69, 9.17) is 5.14 Å². The van der Waals surface area contributed by atoms with E-state index in [0.717, 1.165) is 14.8 Å². The number of amides is 1. The number of halogens is 1. The lowest BCUT2D eigenvalue weighted by atomic mass is 10.1. The molecule has 1 unspecified atom stereocenters. The predicted molar refractivity (Wildman–Crippen MR) is 82.3 cm³/mol. The first-order valence-electron chi connectivity index (χ1n) is 5.83. The van der Waals surface area contributed by atoms with Gasteiger partial charge in [0.05, 0.1) is 5.75 Å². The van der Waals surface area contributed by atoms with Crippen molar-refractivity contribution in [2.75, 3.05) is 17.2 Å². The zero-order valence-corrected chi connectivity index (χ0v) is 13.4. The summed E-state index contributed by atoms with van der Waals surface area (Å²) in [5.41, 5.74) is 1.86. The molecule has 2 N–H and O–H groups in total. The van der Waals surface area contributed by atoms with Crippen LogP contribution in [-0.2, 0) is 14.8 Å². The maximum absolute atomic E-state index is 12.0. The minimum absolute atomic E-state index is 0.0436. The van der Waals surface area contributed by atoms with E-state index in [1.165, 1.54) is 0 Å². The van der Waals surface area contributed by atoms with Gasteiger partial charge >= 0.3 is 0 Å². The fourth-order valence-corrected chi connectivity index (χ4v) is 3.90. The molecule has 0 saturated carbocycles. The Hall–Kier alpha value is -0.670. The highest BCUT2D eigenvalue weighted by atomic mass is 127. The lowest BCUT2D eigenvalue weighted by molar-refractivity contribution is -0.117. The predicted octanol–water partition coefficient (Wildman–Crippen LogP) is 1.24. The Kier molecular flexibility index (Phi) is 4.17. The van der Waals surface area contributed by atoms with Crippen LogP contribution in [0, 0.1) is 16.4 Å². The lowest BCUT2D eigenvalue weighted by Gasteiger charge is -2.19. The summed E-state index contributed by atoms with van der Waals surface area (Å²) < 4.78 is 23.3. The molecule has 0 radical (unpaired) electrons. The summed E-state index contributed by atoms with van der Waals surface area (Å²) in [6.07, 6.45) is 0.238. The minimum atomic E-state index is -3.53. The Balaban J connectivity index is 2.20. The van der Waals surface area contributed by atoms with E-state index in [2.05, 4.69) is 22.6 Å². The normalized spacial score (nSPS) is 20.1. The average Bonchev–Trinajstić information content (AvgIpc) is 2.56. The van der Waals surface area contributed by atoms with Gasteiger partial charge in [-0.25, -0.2) is 13.6 Å². The number of carbonyl (C=O) groups excluding carboxylic acids is 1. The Morgan fingerprint density at radius 3 is 2.74 bits per heavy atom. The molecular weight excluding hydrogens is 379 g/mol. The summed E-state index contributed by atoms with van der Waals surface area (Å²) in [7, 11) is -3.53. The number of nitrogens with zero attached hydrogens (tertiary/aromatic N) is 1. The van der Waals surface area contributed by atoms with Gasteiger partial charge in [-0.05, 0) is 53.3 Å². The largest absolute Gasteiger partial charge is 0.312 e. The monoisotopic (exact) mass is 394 g/mol. The standard InChI is InChI=1S/C12H15IN2O3S/c1-8-4-10(13)2-3-11(8)15-6-9(5-12(15)16)7-19(14,17)18/h2-4,9H,5-7H2,1H3,(H2,14,17,18). The summed E-state index contributed by atoms with van der Waals surface area (Å²) in [6, 6.07) is 5.83. The van der Waals surface area contributed by atoms with Crippen LogP contribution >= 0.6 is 22.6 Å². The molecule has 7 heteroatoms. The van der Waals surface area contributed by atoms with Gasteiger partial charge in [0.25, 0.3) is 0 Å². The van der Waals surface area contributed by atoms with Crippen LogP contribution in [0.15, 0.2) is 18.2 Å². The van der Waals surface area contributed by atoms with Gasteiger partial charge in [0.1, 0.15) is 0 Å². The zero-order valence-electron chi connectivity index (χ0n) is 10.5. The molecule has 0 spiro atoms. The first kappa shape index (κ1) is 14.7. The summed E-state index contributed by atoms with van der Waals surface area (Å²) >= 11 is 2.21. The van der Waals surface area contributed by atoms with Crippen molar-refractivity contribution in [1.29, 1.82) is 0 Å². The van der Waals surface area contributed by atoms with Crippen LogP contribution in [0.5, 0.6) is 0 Å². The van der Waals surface area contributed by atoms with Crippen LogP contribution in [0.25, 0.3) is 0 Å². The number of benzene rings is 1. The van der Waals surface area contributed by atoms with Crippen LogP contribution in [-0.4, -0.2) is 26.6 Å². The molecule has 1 atom stereocenters. The Morgan fingerprint density at radius 2 is 2.16 bits per heavy atom. The maximum atomic E-state index is 12.0. The van der Waals surface area contributed by atoms with E-state index < -0.39 is 10.0 Å². The maximum Gasteiger partial charge on any atom is 0.227 e. The second-order valence-electron chi connectivity index (χ2n) is 4.83. The SMILES string of the molecule is Cc1cc(I)ccc1N1CC(CS(N)(=O)=O)CC1=O. The summed E-state index contributed by atoms with van der Waals surface area (Å²) in [5, 5.41) is 5.04. The highest BCUT2D eigenvalue weighted by Crippen LogP contribution is 2.29. The highest BCUT2D eigenvalue weighted by molar-refractivity contribution is 14.1. The van der Waals surface area contributed by atoms with Crippen molar-refractivity contribution < 1.29 is 13.2 Å². The fraction of sp³-hybridized carbons (Fsp3) is 0.417. The van der Waals surface area contributed by atoms with E-state index in [1.54, 1.807) is 4.90 Å². The smallest absolute Gasteiger partial charge is 0.227 e. The molecule has 5 nitrogen and oxygen atoms in total. The van der Waals surface area contributed by atoms with Gasteiger partial charge in [-0.1, -0.05) is 0 Å². The third kappa shape index (κ3) is 3.67. The van der Waals surface area contributed by atoms with Crippen LogP contribution in [0.4, 0.5) is 5.69 Å². The van der Waals surface area contributed by atoms with Crippen molar-refractivity contribution >= 4 is 44.2 Å². The molecule has 0 aliphatic carbocycles.